The first-order valence-corrected chi connectivity index (χ1v) is 8.46. The minimum Gasteiger partial charge on any atom is -0.364 e. The Kier molecular flexibility index (Phi) is 3.99. The summed E-state index contributed by atoms with van der Waals surface area (Å²) >= 11 is 0. The Morgan fingerprint density at radius 3 is 2.70 bits per heavy atom. The minimum absolute atomic E-state index is 0.0290. The van der Waals surface area contributed by atoms with Crippen molar-refractivity contribution in [2.75, 3.05) is 13.1 Å². The predicted molar refractivity (Wildman–Crippen MR) is 85.0 cm³/mol. The number of aromatic nitrogens is 3. The normalized spacial score (nSPS) is 20.0. The molecule has 2 fully saturated rings. The van der Waals surface area contributed by atoms with Gasteiger partial charge in [0.05, 0.1) is 11.9 Å². The number of likely N-dealkylation sites (tertiary alicyclic amines) is 1. The molecule has 6 nitrogen and oxygen atoms in total. The van der Waals surface area contributed by atoms with Crippen LogP contribution in [-0.4, -0.2) is 32.9 Å². The topological polar surface area (TPSA) is 64.2 Å². The molecule has 4 rings (SSSR count). The SMILES string of the molecule is O=c1ccc(C2CC2)nn1CC1CCN(Cc2cnoc2)CC1. The third kappa shape index (κ3) is 3.52. The van der Waals surface area contributed by atoms with Gasteiger partial charge in [-0.2, -0.15) is 5.10 Å². The molecule has 0 amide bonds. The molecule has 1 saturated carbocycles. The van der Waals surface area contributed by atoms with Gasteiger partial charge < -0.3 is 4.52 Å². The van der Waals surface area contributed by atoms with Crippen LogP contribution in [0.5, 0.6) is 0 Å². The van der Waals surface area contributed by atoms with Gasteiger partial charge >= 0.3 is 0 Å². The summed E-state index contributed by atoms with van der Waals surface area (Å²) in [5, 5.41) is 8.33. The first-order chi connectivity index (χ1) is 11.3. The van der Waals surface area contributed by atoms with Crippen LogP contribution in [0.2, 0.25) is 0 Å². The van der Waals surface area contributed by atoms with Gasteiger partial charge in [0, 0.05) is 30.6 Å². The molecule has 6 heteroatoms. The number of rotatable bonds is 5. The van der Waals surface area contributed by atoms with Crippen LogP contribution >= 0.6 is 0 Å². The van der Waals surface area contributed by atoms with Gasteiger partial charge in [0.25, 0.3) is 5.56 Å². The fourth-order valence-electron chi connectivity index (χ4n) is 3.33. The number of hydrogen-bond donors (Lipinski definition) is 0. The van der Waals surface area contributed by atoms with E-state index in [1.807, 2.05) is 6.07 Å². The number of hydrogen-bond acceptors (Lipinski definition) is 5. The molecule has 1 aliphatic heterocycles. The molecular weight excluding hydrogens is 292 g/mol. The van der Waals surface area contributed by atoms with E-state index in [-0.39, 0.29) is 5.56 Å². The summed E-state index contributed by atoms with van der Waals surface area (Å²) in [4.78, 5) is 14.5. The van der Waals surface area contributed by atoms with E-state index in [0.29, 0.717) is 11.8 Å². The van der Waals surface area contributed by atoms with Gasteiger partial charge in [-0.15, -0.1) is 0 Å². The van der Waals surface area contributed by atoms with E-state index >= 15 is 0 Å². The highest BCUT2D eigenvalue weighted by Gasteiger charge is 2.26. The summed E-state index contributed by atoms with van der Waals surface area (Å²) in [6.07, 6.45) is 8.12. The molecule has 122 valence electrons. The Morgan fingerprint density at radius 1 is 1.17 bits per heavy atom. The third-order valence-electron chi connectivity index (χ3n) is 4.91. The second-order valence-corrected chi connectivity index (χ2v) is 6.81. The molecule has 0 atom stereocenters. The van der Waals surface area contributed by atoms with Crippen LogP contribution in [0.25, 0.3) is 0 Å². The zero-order valence-electron chi connectivity index (χ0n) is 13.2. The fraction of sp³-hybridized carbons (Fsp3) is 0.588. The van der Waals surface area contributed by atoms with Crippen LogP contribution in [0.15, 0.2) is 33.9 Å². The summed E-state index contributed by atoms with van der Waals surface area (Å²) in [7, 11) is 0. The average molecular weight is 314 g/mol. The minimum atomic E-state index is 0.0290. The van der Waals surface area contributed by atoms with E-state index in [4.69, 9.17) is 4.52 Å². The van der Waals surface area contributed by atoms with E-state index in [9.17, 15) is 4.79 Å². The number of nitrogens with zero attached hydrogens (tertiary/aromatic N) is 4. The van der Waals surface area contributed by atoms with Crippen molar-refractivity contribution < 1.29 is 4.52 Å². The van der Waals surface area contributed by atoms with E-state index in [0.717, 1.165) is 50.3 Å². The maximum absolute atomic E-state index is 12.0. The molecule has 0 radical (unpaired) electrons. The van der Waals surface area contributed by atoms with Crippen molar-refractivity contribution in [3.05, 3.63) is 46.2 Å². The maximum Gasteiger partial charge on any atom is 0.266 e. The van der Waals surface area contributed by atoms with Crippen LogP contribution in [0, 0.1) is 5.92 Å². The molecule has 0 spiro atoms. The third-order valence-corrected chi connectivity index (χ3v) is 4.91. The lowest BCUT2D eigenvalue weighted by Gasteiger charge is -2.31. The van der Waals surface area contributed by atoms with Crippen LogP contribution in [0.4, 0.5) is 0 Å². The molecule has 1 aliphatic carbocycles. The first-order valence-electron chi connectivity index (χ1n) is 8.46. The van der Waals surface area contributed by atoms with Gasteiger partial charge in [-0.05, 0) is 50.8 Å². The average Bonchev–Trinajstić information content (AvgIpc) is 3.29. The van der Waals surface area contributed by atoms with E-state index in [1.54, 1.807) is 23.2 Å². The Labute approximate surface area is 135 Å². The van der Waals surface area contributed by atoms with Gasteiger partial charge in [0.15, 0.2) is 0 Å². The summed E-state index contributed by atoms with van der Waals surface area (Å²) in [5.74, 6) is 1.13. The smallest absolute Gasteiger partial charge is 0.266 e. The Hall–Kier alpha value is -1.95. The van der Waals surface area contributed by atoms with Crippen molar-refractivity contribution >= 4 is 0 Å². The first kappa shape index (κ1) is 14.6. The van der Waals surface area contributed by atoms with Crippen molar-refractivity contribution in [1.29, 1.82) is 0 Å². The van der Waals surface area contributed by atoms with Crippen LogP contribution in [-0.2, 0) is 13.1 Å². The highest BCUT2D eigenvalue weighted by atomic mass is 16.5. The van der Waals surface area contributed by atoms with E-state index in [2.05, 4.69) is 15.2 Å². The monoisotopic (exact) mass is 314 g/mol. The molecule has 2 aliphatic rings. The Balaban J connectivity index is 1.34. The van der Waals surface area contributed by atoms with Crippen molar-refractivity contribution in [3.63, 3.8) is 0 Å². The van der Waals surface area contributed by atoms with Gasteiger partial charge in [0.2, 0.25) is 0 Å². The van der Waals surface area contributed by atoms with Crippen molar-refractivity contribution in [1.82, 2.24) is 19.8 Å². The maximum atomic E-state index is 12.0. The summed E-state index contributed by atoms with van der Waals surface area (Å²) in [6.45, 7) is 3.74. The molecule has 2 aromatic heterocycles. The van der Waals surface area contributed by atoms with E-state index in [1.165, 1.54) is 12.8 Å². The van der Waals surface area contributed by atoms with Crippen molar-refractivity contribution in [2.45, 2.75) is 44.7 Å². The molecule has 3 heterocycles. The zero-order chi connectivity index (χ0) is 15.6. The quantitative estimate of drug-likeness (QED) is 0.845. The predicted octanol–water partition coefficient (Wildman–Crippen LogP) is 2.02. The highest BCUT2D eigenvalue weighted by Crippen LogP contribution is 2.38. The standard InChI is InChI=1S/C17H22N4O2/c22-17-4-3-16(15-1-2-15)19-21(17)11-13-5-7-20(8-6-13)10-14-9-18-23-12-14/h3-4,9,12-13,15H,1-2,5-8,10-11H2. The largest absolute Gasteiger partial charge is 0.364 e. The molecule has 0 N–H and O–H groups in total. The fourth-order valence-corrected chi connectivity index (χ4v) is 3.33. The molecular formula is C17H22N4O2. The van der Waals surface area contributed by atoms with Crippen molar-refractivity contribution in [2.24, 2.45) is 5.92 Å². The highest BCUT2D eigenvalue weighted by molar-refractivity contribution is 5.12. The molecule has 0 bridgehead atoms. The molecule has 0 unspecified atom stereocenters. The Morgan fingerprint density at radius 2 is 2.00 bits per heavy atom. The van der Waals surface area contributed by atoms with Crippen LogP contribution < -0.4 is 5.56 Å². The van der Waals surface area contributed by atoms with Gasteiger partial charge in [-0.3, -0.25) is 9.69 Å². The Bertz CT molecular complexity index is 698. The lowest BCUT2D eigenvalue weighted by atomic mass is 9.96. The van der Waals surface area contributed by atoms with Gasteiger partial charge in [-0.25, -0.2) is 4.68 Å². The molecule has 2 aromatic rings. The summed E-state index contributed by atoms with van der Waals surface area (Å²) in [5.41, 5.74) is 2.24. The van der Waals surface area contributed by atoms with Gasteiger partial charge in [-0.1, -0.05) is 5.16 Å². The van der Waals surface area contributed by atoms with Crippen LogP contribution in [0.3, 0.4) is 0 Å². The summed E-state index contributed by atoms with van der Waals surface area (Å²) < 4.78 is 6.57. The lowest BCUT2D eigenvalue weighted by Crippen LogP contribution is -2.36. The van der Waals surface area contributed by atoms with E-state index < -0.39 is 0 Å². The second kappa shape index (κ2) is 6.28. The van der Waals surface area contributed by atoms with Crippen LogP contribution in [0.1, 0.15) is 42.9 Å². The van der Waals surface area contributed by atoms with Gasteiger partial charge in [0.1, 0.15) is 6.26 Å². The summed E-state index contributed by atoms with van der Waals surface area (Å²) in [6, 6.07) is 3.58. The second-order valence-electron chi connectivity index (χ2n) is 6.81. The van der Waals surface area contributed by atoms with Crippen molar-refractivity contribution in [3.8, 4) is 0 Å². The lowest BCUT2D eigenvalue weighted by molar-refractivity contribution is 0.163. The zero-order valence-corrected chi connectivity index (χ0v) is 13.2. The number of piperidine rings is 1. The molecule has 0 aromatic carbocycles. The molecule has 1 saturated heterocycles. The molecule has 23 heavy (non-hydrogen) atoms.